The highest BCUT2D eigenvalue weighted by Gasteiger charge is 2.51. The van der Waals surface area contributed by atoms with Crippen LogP contribution < -0.4 is 14.9 Å². The first-order chi connectivity index (χ1) is 40.9. The molecule has 1 fully saturated rings. The van der Waals surface area contributed by atoms with Crippen LogP contribution in [-0.2, 0) is 9.31 Å². The Morgan fingerprint density at radius 1 is 0.405 bits per heavy atom. The predicted octanol–water partition coefficient (Wildman–Crippen LogP) is 16.0. The van der Waals surface area contributed by atoms with Crippen molar-refractivity contribution in [3.05, 3.63) is 235 Å². The molecule has 12 nitrogen and oxygen atoms in total. The van der Waals surface area contributed by atoms with E-state index in [4.69, 9.17) is 33.7 Å². The number of ether oxygens (including phenoxy) is 2. The van der Waals surface area contributed by atoms with Crippen molar-refractivity contribution in [2.45, 2.75) is 38.9 Å². The number of halogens is 1. The molecule has 0 bridgehead atoms. The van der Waals surface area contributed by atoms with Crippen LogP contribution in [0.3, 0.4) is 0 Å². The normalized spacial score (nSPS) is 13.5. The maximum absolute atomic E-state index is 6.29. The lowest BCUT2D eigenvalue weighted by atomic mass is 9.79. The van der Waals surface area contributed by atoms with Gasteiger partial charge in [0.25, 0.3) is 0 Å². The van der Waals surface area contributed by atoms with Crippen LogP contribution in [0.15, 0.2) is 235 Å². The first-order valence-corrected chi connectivity index (χ1v) is 28.5. The summed E-state index contributed by atoms with van der Waals surface area (Å²) in [6, 6.07) is 73.7. The zero-order valence-corrected chi connectivity index (χ0v) is 48.7. The molecule has 0 amide bonds. The molecule has 14 aromatic rings. The molecule has 0 atom stereocenters. The second-order valence-electron chi connectivity index (χ2n) is 21.4. The fourth-order valence-electron chi connectivity index (χ4n) is 10.7. The Hall–Kier alpha value is -9.60. The van der Waals surface area contributed by atoms with Crippen LogP contribution in [0.4, 0.5) is 0 Å². The van der Waals surface area contributed by atoms with Gasteiger partial charge in [0.15, 0.2) is 0 Å². The van der Waals surface area contributed by atoms with Crippen molar-refractivity contribution in [1.29, 1.82) is 0 Å². The largest absolute Gasteiger partial charge is 0.494 e. The van der Waals surface area contributed by atoms with Crippen molar-refractivity contribution in [1.82, 2.24) is 39.0 Å². The summed E-state index contributed by atoms with van der Waals surface area (Å²) in [5, 5.41) is 4.39. The van der Waals surface area contributed by atoms with Crippen molar-refractivity contribution >= 4 is 94.2 Å². The Bertz CT molecular complexity index is 4750. The van der Waals surface area contributed by atoms with E-state index in [9.17, 15) is 0 Å². The minimum Gasteiger partial charge on any atom is -0.494 e. The van der Waals surface area contributed by atoms with Gasteiger partial charge in [0, 0.05) is 62.0 Å². The summed E-state index contributed by atoms with van der Waals surface area (Å²) in [4.78, 5) is 28.5. The van der Waals surface area contributed by atoms with E-state index in [0.717, 1.165) is 133 Å². The molecule has 6 aromatic heterocycles. The standard InChI is InChI=1S/C32H22N4O.C26H27BN2O3.C12H7BrN2/c1-37-28-14-6-13-27-31(28)35-32(23-8-3-2-4-9-23)36(27)25-12-5-10-24(20-25)26-18-17-22-16-15-21-11-7-19-33-29(21)30(22)34-26;1-25(2)26(3,4)32-27(31-25)19-13-9-14-20(17-19)29-21-15-10-16-22(30-5)23(21)28-24(29)18-11-7-6-8-12-18;13-10-6-5-9-4-3-8-2-1-7-14-11(8)12(9)15-10/h2-20H,1H3;6-17H,1-5H3;1-7H. The number of hydrogen-bond donors (Lipinski definition) is 0. The van der Waals surface area contributed by atoms with Crippen LogP contribution in [0.25, 0.3) is 111 Å². The molecule has 84 heavy (non-hydrogen) atoms. The van der Waals surface area contributed by atoms with Gasteiger partial charge in [0.2, 0.25) is 0 Å². The number of rotatable bonds is 8. The number of nitrogens with zero attached hydrogens (tertiary/aromatic N) is 8. The second kappa shape index (κ2) is 22.3. The summed E-state index contributed by atoms with van der Waals surface area (Å²) in [7, 11) is 2.93. The number of para-hydroxylation sites is 2. The molecule has 0 unspecified atom stereocenters. The van der Waals surface area contributed by atoms with Gasteiger partial charge in [-0.05, 0) is 122 Å². The van der Waals surface area contributed by atoms with Crippen molar-refractivity contribution in [3.63, 3.8) is 0 Å². The molecule has 0 aliphatic carbocycles. The molecule has 0 saturated carbocycles. The Morgan fingerprint density at radius 3 is 1.39 bits per heavy atom. The molecular weight excluding hydrogens is 1110 g/mol. The van der Waals surface area contributed by atoms with Crippen LogP contribution in [0.2, 0.25) is 0 Å². The second-order valence-corrected chi connectivity index (χ2v) is 22.2. The summed E-state index contributed by atoms with van der Waals surface area (Å²) in [6.45, 7) is 8.28. The van der Waals surface area contributed by atoms with E-state index in [1.807, 2.05) is 109 Å². The molecule has 0 radical (unpaired) electrons. The maximum Gasteiger partial charge on any atom is 0.494 e. The van der Waals surface area contributed by atoms with Gasteiger partial charge in [0.05, 0.1) is 64.2 Å². The first-order valence-electron chi connectivity index (χ1n) is 27.7. The Morgan fingerprint density at radius 2 is 0.857 bits per heavy atom. The van der Waals surface area contributed by atoms with Crippen molar-refractivity contribution in [3.8, 4) is 56.9 Å². The fourth-order valence-corrected chi connectivity index (χ4v) is 11.0. The van der Waals surface area contributed by atoms with Gasteiger partial charge >= 0.3 is 7.12 Å². The summed E-state index contributed by atoms with van der Waals surface area (Å²) < 4.78 is 29.0. The van der Waals surface area contributed by atoms with Crippen LogP contribution in [0.1, 0.15) is 27.7 Å². The average Bonchev–Trinajstić information content (AvgIpc) is 4.02. The number of pyridine rings is 4. The molecule has 1 saturated heterocycles. The minimum absolute atomic E-state index is 0.391. The van der Waals surface area contributed by atoms with E-state index >= 15 is 0 Å². The molecule has 1 aliphatic heterocycles. The van der Waals surface area contributed by atoms with E-state index in [1.54, 1.807) is 20.4 Å². The highest BCUT2D eigenvalue weighted by molar-refractivity contribution is 9.10. The zero-order valence-electron chi connectivity index (χ0n) is 47.1. The Balaban J connectivity index is 0.000000127. The van der Waals surface area contributed by atoms with Crippen LogP contribution in [0.5, 0.6) is 11.5 Å². The molecule has 15 rings (SSSR count). The molecule has 7 heterocycles. The summed E-state index contributed by atoms with van der Waals surface area (Å²) in [5.41, 5.74) is 13.5. The van der Waals surface area contributed by atoms with Gasteiger partial charge in [-0.15, -0.1) is 0 Å². The van der Waals surface area contributed by atoms with Gasteiger partial charge in [-0.25, -0.2) is 19.9 Å². The highest BCUT2D eigenvalue weighted by atomic mass is 79.9. The Labute approximate surface area is 494 Å². The highest BCUT2D eigenvalue weighted by Crippen LogP contribution is 2.39. The van der Waals surface area contributed by atoms with Gasteiger partial charge < -0.3 is 18.8 Å². The lowest BCUT2D eigenvalue weighted by molar-refractivity contribution is 0.00578. The number of methoxy groups -OCH3 is 2. The quantitative estimate of drug-likeness (QED) is 0.0825. The molecule has 14 heteroatoms. The van der Waals surface area contributed by atoms with Gasteiger partial charge in [0.1, 0.15) is 38.8 Å². The molecule has 410 valence electrons. The third-order valence-corrected chi connectivity index (χ3v) is 16.1. The first kappa shape index (κ1) is 53.7. The topological polar surface area (TPSA) is 124 Å². The van der Waals surface area contributed by atoms with Gasteiger partial charge in [-0.2, -0.15) is 0 Å². The monoisotopic (exact) mass is 1160 g/mol. The number of aromatic nitrogens is 8. The van der Waals surface area contributed by atoms with Crippen LogP contribution >= 0.6 is 15.9 Å². The number of imidazole rings is 2. The average molecular weight is 1160 g/mol. The van der Waals surface area contributed by atoms with E-state index in [1.165, 1.54) is 0 Å². The van der Waals surface area contributed by atoms with E-state index in [2.05, 4.69) is 183 Å². The van der Waals surface area contributed by atoms with E-state index in [-0.39, 0.29) is 0 Å². The van der Waals surface area contributed by atoms with E-state index < -0.39 is 18.3 Å². The lowest BCUT2D eigenvalue weighted by Crippen LogP contribution is -2.41. The maximum atomic E-state index is 6.29. The van der Waals surface area contributed by atoms with E-state index in [0.29, 0.717) is 0 Å². The molecular formula is C70H56BBrN8O4. The fraction of sp³-hybridized carbons (Fsp3) is 0.114. The Kier molecular flexibility index (Phi) is 14.2. The SMILES string of the molecule is Brc1ccc2ccc3cccnc3c2n1.COc1cccc2c1nc(-c1ccccc1)n2-c1cccc(-c2ccc3ccc4cccnc4c3n2)c1.COc1cccc2c1nc(-c1ccccc1)n2-c1cccc(B2OC(C)(C)C(C)(C)O2)c1. The zero-order chi connectivity index (χ0) is 57.5. The molecule has 1 aliphatic rings. The number of fused-ring (bicyclic) bond motifs is 8. The molecule has 0 N–H and O–H groups in total. The number of hydrogen-bond acceptors (Lipinski definition) is 10. The number of benzene rings is 8. The third kappa shape index (κ3) is 10.1. The lowest BCUT2D eigenvalue weighted by Gasteiger charge is -2.32. The summed E-state index contributed by atoms with van der Waals surface area (Å²) in [6.07, 6.45) is 3.62. The predicted molar refractivity (Wildman–Crippen MR) is 343 cm³/mol. The van der Waals surface area contributed by atoms with Crippen molar-refractivity contribution in [2.24, 2.45) is 0 Å². The smallest absolute Gasteiger partial charge is 0.494 e. The minimum atomic E-state index is -0.426. The molecule has 8 aromatic carbocycles. The van der Waals surface area contributed by atoms with Crippen molar-refractivity contribution in [2.75, 3.05) is 14.2 Å². The van der Waals surface area contributed by atoms with Gasteiger partial charge in [-0.3, -0.25) is 19.1 Å². The van der Waals surface area contributed by atoms with Gasteiger partial charge in [-0.1, -0.05) is 146 Å². The summed E-state index contributed by atoms with van der Waals surface area (Å²) in [5.74, 6) is 3.22. The molecule has 0 spiro atoms. The third-order valence-electron chi connectivity index (χ3n) is 15.7. The van der Waals surface area contributed by atoms with Crippen molar-refractivity contribution < 1.29 is 18.8 Å². The van der Waals surface area contributed by atoms with Crippen LogP contribution in [0, 0.1) is 0 Å². The summed E-state index contributed by atoms with van der Waals surface area (Å²) >= 11 is 3.38. The van der Waals surface area contributed by atoms with Crippen LogP contribution in [-0.4, -0.2) is 71.6 Å².